The minimum atomic E-state index is -1.48. The van der Waals surface area contributed by atoms with Crippen LogP contribution in [0.5, 0.6) is 0 Å². The van der Waals surface area contributed by atoms with Crippen molar-refractivity contribution in [3.8, 4) is 0 Å². The van der Waals surface area contributed by atoms with Crippen molar-refractivity contribution in [3.63, 3.8) is 0 Å². The summed E-state index contributed by atoms with van der Waals surface area (Å²) in [5, 5.41) is 2.90. The van der Waals surface area contributed by atoms with Gasteiger partial charge in [-0.15, -0.1) is 0 Å². The quantitative estimate of drug-likeness (QED) is 0.661. The van der Waals surface area contributed by atoms with Gasteiger partial charge in [0.2, 0.25) is 0 Å². The molecule has 5 heteroatoms. The van der Waals surface area contributed by atoms with Gasteiger partial charge in [-0.05, 0) is 35.4 Å². The Bertz CT molecular complexity index is 560. The lowest BCUT2D eigenvalue weighted by Gasteiger charge is -2.06. The molecular formula is C14H11F4N. The van der Waals surface area contributed by atoms with Crippen molar-refractivity contribution in [2.75, 3.05) is 0 Å². The van der Waals surface area contributed by atoms with E-state index in [1.54, 1.807) is 12.1 Å². The molecule has 0 unspecified atom stereocenters. The van der Waals surface area contributed by atoms with Gasteiger partial charge in [-0.2, -0.15) is 0 Å². The zero-order valence-corrected chi connectivity index (χ0v) is 9.89. The maximum atomic E-state index is 13.0. The fourth-order valence-corrected chi connectivity index (χ4v) is 1.71. The van der Waals surface area contributed by atoms with Crippen LogP contribution in [-0.4, -0.2) is 0 Å². The second-order valence-corrected chi connectivity index (χ2v) is 4.11. The first-order valence-electron chi connectivity index (χ1n) is 5.65. The molecule has 0 fully saturated rings. The van der Waals surface area contributed by atoms with Crippen molar-refractivity contribution in [3.05, 3.63) is 70.8 Å². The molecule has 0 saturated carbocycles. The van der Waals surface area contributed by atoms with Crippen molar-refractivity contribution in [1.82, 2.24) is 5.32 Å². The van der Waals surface area contributed by atoms with E-state index in [9.17, 15) is 17.6 Å². The molecule has 0 bridgehead atoms. The first kappa shape index (κ1) is 13.5. The van der Waals surface area contributed by atoms with E-state index < -0.39 is 17.5 Å². The standard InChI is InChI=1S/C14H11F4N/c15-11-3-1-2-9(4-11)7-19-8-10-5-12(16)14(18)13(17)6-10/h1-6,19H,7-8H2. The number of hydrogen-bond donors (Lipinski definition) is 1. The van der Waals surface area contributed by atoms with Crippen LogP contribution in [0.15, 0.2) is 36.4 Å². The first-order valence-corrected chi connectivity index (χ1v) is 5.65. The second-order valence-electron chi connectivity index (χ2n) is 4.11. The Morgan fingerprint density at radius 2 is 1.42 bits per heavy atom. The molecule has 1 nitrogen and oxygen atoms in total. The predicted molar refractivity (Wildman–Crippen MR) is 63.3 cm³/mol. The summed E-state index contributed by atoms with van der Waals surface area (Å²) >= 11 is 0. The largest absolute Gasteiger partial charge is 0.309 e. The second kappa shape index (κ2) is 5.84. The Kier molecular flexibility index (Phi) is 4.16. The number of halogens is 4. The highest BCUT2D eigenvalue weighted by atomic mass is 19.2. The predicted octanol–water partition coefficient (Wildman–Crippen LogP) is 3.53. The van der Waals surface area contributed by atoms with E-state index in [2.05, 4.69) is 5.32 Å². The van der Waals surface area contributed by atoms with Gasteiger partial charge in [0.05, 0.1) is 0 Å². The first-order chi connectivity index (χ1) is 9.06. The van der Waals surface area contributed by atoms with Crippen LogP contribution in [0.3, 0.4) is 0 Å². The average Bonchev–Trinajstić information content (AvgIpc) is 2.36. The number of nitrogens with one attached hydrogen (secondary N) is 1. The Labute approximate surface area is 107 Å². The lowest BCUT2D eigenvalue weighted by Crippen LogP contribution is -2.13. The van der Waals surface area contributed by atoms with Gasteiger partial charge >= 0.3 is 0 Å². The van der Waals surface area contributed by atoms with E-state index >= 15 is 0 Å². The normalized spacial score (nSPS) is 10.7. The van der Waals surface area contributed by atoms with Crippen molar-refractivity contribution < 1.29 is 17.6 Å². The molecule has 0 spiro atoms. The maximum absolute atomic E-state index is 13.0. The molecule has 0 heterocycles. The number of benzene rings is 2. The maximum Gasteiger partial charge on any atom is 0.194 e. The highest BCUT2D eigenvalue weighted by Crippen LogP contribution is 2.13. The van der Waals surface area contributed by atoms with Gasteiger partial charge in [-0.25, -0.2) is 17.6 Å². The zero-order valence-electron chi connectivity index (χ0n) is 9.89. The molecule has 2 aromatic rings. The van der Waals surface area contributed by atoms with E-state index in [0.717, 1.165) is 12.1 Å². The van der Waals surface area contributed by atoms with Gasteiger partial charge in [0.25, 0.3) is 0 Å². The molecule has 2 aromatic carbocycles. The summed E-state index contributed by atoms with van der Waals surface area (Å²) < 4.78 is 51.5. The molecule has 0 amide bonds. The third kappa shape index (κ3) is 3.54. The minimum Gasteiger partial charge on any atom is -0.309 e. The molecule has 0 aliphatic heterocycles. The molecule has 100 valence electrons. The van der Waals surface area contributed by atoms with Crippen LogP contribution >= 0.6 is 0 Å². The molecule has 0 aromatic heterocycles. The average molecular weight is 269 g/mol. The summed E-state index contributed by atoms with van der Waals surface area (Å²) in [5.74, 6) is -4.27. The lowest BCUT2D eigenvalue weighted by atomic mass is 10.2. The topological polar surface area (TPSA) is 12.0 Å². The van der Waals surface area contributed by atoms with Gasteiger partial charge in [0, 0.05) is 13.1 Å². The Morgan fingerprint density at radius 1 is 0.789 bits per heavy atom. The minimum absolute atomic E-state index is 0.157. The SMILES string of the molecule is Fc1cccc(CNCc2cc(F)c(F)c(F)c2)c1. The molecule has 0 radical (unpaired) electrons. The molecule has 0 aliphatic rings. The van der Waals surface area contributed by atoms with Gasteiger partial charge in [0.1, 0.15) is 5.82 Å². The Morgan fingerprint density at radius 3 is 2.05 bits per heavy atom. The van der Waals surface area contributed by atoms with Crippen LogP contribution in [0.4, 0.5) is 17.6 Å². The number of rotatable bonds is 4. The van der Waals surface area contributed by atoms with Gasteiger partial charge in [-0.1, -0.05) is 12.1 Å². The van der Waals surface area contributed by atoms with Crippen molar-refractivity contribution in [2.45, 2.75) is 13.1 Å². The van der Waals surface area contributed by atoms with E-state index in [4.69, 9.17) is 0 Å². The summed E-state index contributed by atoms with van der Waals surface area (Å²) in [7, 11) is 0. The van der Waals surface area contributed by atoms with Crippen molar-refractivity contribution >= 4 is 0 Å². The van der Waals surface area contributed by atoms with Crippen LogP contribution in [0.2, 0.25) is 0 Å². The van der Waals surface area contributed by atoms with Crippen LogP contribution in [-0.2, 0) is 13.1 Å². The van der Waals surface area contributed by atoms with Crippen molar-refractivity contribution in [2.24, 2.45) is 0 Å². The molecule has 0 saturated heterocycles. The van der Waals surface area contributed by atoms with Crippen LogP contribution in [0.1, 0.15) is 11.1 Å². The molecule has 1 N–H and O–H groups in total. The fourth-order valence-electron chi connectivity index (χ4n) is 1.71. The summed E-state index contributed by atoms with van der Waals surface area (Å²) in [4.78, 5) is 0. The third-order valence-electron chi connectivity index (χ3n) is 2.59. The number of hydrogen-bond acceptors (Lipinski definition) is 1. The van der Waals surface area contributed by atoms with Gasteiger partial charge in [-0.3, -0.25) is 0 Å². The molecule has 0 atom stereocenters. The molecular weight excluding hydrogens is 258 g/mol. The molecule has 2 rings (SSSR count). The Hall–Kier alpha value is -1.88. The molecule has 19 heavy (non-hydrogen) atoms. The lowest BCUT2D eigenvalue weighted by molar-refractivity contribution is 0.444. The van der Waals surface area contributed by atoms with Crippen LogP contribution in [0, 0.1) is 23.3 Å². The van der Waals surface area contributed by atoms with Gasteiger partial charge in [0.15, 0.2) is 17.5 Å². The summed E-state index contributed by atoms with van der Waals surface area (Å²) in [6, 6.07) is 7.84. The van der Waals surface area contributed by atoms with E-state index in [0.29, 0.717) is 12.1 Å². The summed E-state index contributed by atoms with van der Waals surface area (Å²) in [6.07, 6.45) is 0. The highest BCUT2D eigenvalue weighted by Gasteiger charge is 2.10. The van der Waals surface area contributed by atoms with E-state index in [1.165, 1.54) is 12.1 Å². The fraction of sp³-hybridized carbons (Fsp3) is 0.143. The van der Waals surface area contributed by atoms with E-state index in [-0.39, 0.29) is 17.9 Å². The zero-order chi connectivity index (χ0) is 13.8. The highest BCUT2D eigenvalue weighted by molar-refractivity contribution is 5.20. The third-order valence-corrected chi connectivity index (χ3v) is 2.59. The molecule has 0 aliphatic carbocycles. The van der Waals surface area contributed by atoms with Crippen molar-refractivity contribution in [1.29, 1.82) is 0 Å². The monoisotopic (exact) mass is 269 g/mol. The van der Waals surface area contributed by atoms with Gasteiger partial charge < -0.3 is 5.32 Å². The Balaban J connectivity index is 1.96. The van der Waals surface area contributed by atoms with Crippen LogP contribution in [0.25, 0.3) is 0 Å². The van der Waals surface area contributed by atoms with Crippen LogP contribution < -0.4 is 5.32 Å². The van der Waals surface area contributed by atoms with E-state index in [1.807, 2.05) is 0 Å². The smallest absolute Gasteiger partial charge is 0.194 e. The summed E-state index contributed by atoms with van der Waals surface area (Å²) in [6.45, 7) is 0.503. The summed E-state index contributed by atoms with van der Waals surface area (Å²) in [5.41, 5.74) is 0.996.